The molecule has 1 atom stereocenters. The molecule has 0 bridgehead atoms. The first-order valence-corrected chi connectivity index (χ1v) is 8.59. The summed E-state index contributed by atoms with van der Waals surface area (Å²) in [5.41, 5.74) is 0. The van der Waals surface area contributed by atoms with Gasteiger partial charge < -0.3 is 0 Å². The van der Waals surface area contributed by atoms with Crippen LogP contribution in [0.15, 0.2) is 30.3 Å². The fraction of sp³-hybridized carbons (Fsp3) is 0.462. The van der Waals surface area contributed by atoms with E-state index in [1.807, 2.05) is 11.0 Å². The minimum atomic E-state index is 0.313. The van der Waals surface area contributed by atoms with Crippen LogP contribution in [0.4, 0.5) is 0 Å². The quantitative estimate of drug-likeness (QED) is 0.643. The first kappa shape index (κ1) is 13.0. The molecule has 1 aromatic rings. The molecule has 1 aliphatic heterocycles. The zero-order chi connectivity index (χ0) is 12.1. The molecule has 92 valence electrons. The van der Waals surface area contributed by atoms with Crippen molar-refractivity contribution in [2.45, 2.75) is 24.2 Å². The molecule has 0 saturated carbocycles. The average Bonchev–Trinajstić information content (AvgIpc) is 2.70. The van der Waals surface area contributed by atoms with Crippen LogP contribution >= 0.6 is 12.6 Å². The predicted molar refractivity (Wildman–Crippen MR) is 75.2 cm³/mol. The Hall–Kier alpha value is -0.441. The molecule has 1 heterocycles. The molecule has 1 saturated heterocycles. The van der Waals surface area contributed by atoms with Crippen molar-refractivity contribution in [3.05, 3.63) is 30.3 Å². The van der Waals surface area contributed by atoms with E-state index in [1.54, 1.807) is 0 Å². The van der Waals surface area contributed by atoms with Crippen LogP contribution in [0.25, 0.3) is 0 Å². The number of rotatable bonds is 5. The normalized spacial score (nSPS) is 19.9. The number of carbonyl (C=O) groups is 1. The number of likely N-dealkylation sites (tertiary alicyclic amines) is 1. The van der Waals surface area contributed by atoms with E-state index in [2.05, 4.69) is 36.9 Å². The predicted octanol–water partition coefficient (Wildman–Crippen LogP) is 1.36. The van der Waals surface area contributed by atoms with Crippen LogP contribution in [-0.2, 0) is 4.79 Å². The SMILES string of the molecule is O=C1CCC(C[Se]c2ccccc2)N1CCS. The van der Waals surface area contributed by atoms with Crippen LogP contribution in [0.1, 0.15) is 12.8 Å². The molecule has 1 unspecified atom stereocenters. The molecule has 1 fully saturated rings. The summed E-state index contributed by atoms with van der Waals surface area (Å²) in [6, 6.07) is 11.0. The van der Waals surface area contributed by atoms with Crippen molar-refractivity contribution in [1.29, 1.82) is 0 Å². The maximum absolute atomic E-state index is 11.7. The molecule has 0 radical (unpaired) electrons. The molecule has 1 aliphatic rings. The van der Waals surface area contributed by atoms with Gasteiger partial charge in [-0.1, -0.05) is 0 Å². The van der Waals surface area contributed by atoms with Gasteiger partial charge in [-0.3, -0.25) is 0 Å². The van der Waals surface area contributed by atoms with Gasteiger partial charge in [-0.05, 0) is 0 Å². The zero-order valence-corrected chi connectivity index (χ0v) is 12.3. The molecule has 2 nitrogen and oxygen atoms in total. The Morgan fingerprint density at radius 3 is 2.82 bits per heavy atom. The van der Waals surface area contributed by atoms with Gasteiger partial charge >= 0.3 is 114 Å². The van der Waals surface area contributed by atoms with Crippen molar-refractivity contribution in [1.82, 2.24) is 4.90 Å². The summed E-state index contributed by atoms with van der Waals surface area (Å²) >= 11 is 4.70. The first-order chi connectivity index (χ1) is 8.31. The van der Waals surface area contributed by atoms with Gasteiger partial charge in [0.15, 0.2) is 0 Å². The van der Waals surface area contributed by atoms with E-state index in [9.17, 15) is 4.79 Å². The second-order valence-corrected chi connectivity index (χ2v) is 6.87. The van der Waals surface area contributed by atoms with E-state index >= 15 is 0 Å². The van der Waals surface area contributed by atoms with Crippen LogP contribution in [0.5, 0.6) is 0 Å². The summed E-state index contributed by atoms with van der Waals surface area (Å²) in [5.74, 6) is 1.08. The minimum absolute atomic E-state index is 0.313. The number of hydrogen-bond acceptors (Lipinski definition) is 2. The molecule has 0 aromatic heterocycles. The van der Waals surface area contributed by atoms with Crippen molar-refractivity contribution >= 4 is 38.0 Å². The van der Waals surface area contributed by atoms with Crippen molar-refractivity contribution in [2.75, 3.05) is 12.3 Å². The number of benzene rings is 1. The number of nitrogens with zero attached hydrogens (tertiary/aromatic N) is 1. The molecule has 0 N–H and O–H groups in total. The molecular weight excluding hydrogens is 297 g/mol. The van der Waals surface area contributed by atoms with Gasteiger partial charge in [0, 0.05) is 0 Å². The third kappa shape index (κ3) is 3.51. The van der Waals surface area contributed by atoms with E-state index in [4.69, 9.17) is 0 Å². The van der Waals surface area contributed by atoms with Gasteiger partial charge in [-0.15, -0.1) is 0 Å². The average molecular weight is 314 g/mol. The van der Waals surface area contributed by atoms with Crippen LogP contribution in [0.3, 0.4) is 0 Å². The van der Waals surface area contributed by atoms with Crippen LogP contribution < -0.4 is 4.46 Å². The topological polar surface area (TPSA) is 20.3 Å². The summed E-state index contributed by atoms with van der Waals surface area (Å²) in [6.07, 6.45) is 1.75. The second kappa shape index (κ2) is 6.48. The Kier molecular flexibility index (Phi) is 4.96. The van der Waals surface area contributed by atoms with Crippen molar-refractivity contribution in [3.63, 3.8) is 0 Å². The number of hydrogen-bond donors (Lipinski definition) is 1. The van der Waals surface area contributed by atoms with Gasteiger partial charge in [0.1, 0.15) is 0 Å². The number of thiol groups is 1. The van der Waals surface area contributed by atoms with Gasteiger partial charge in [0.2, 0.25) is 0 Å². The molecule has 17 heavy (non-hydrogen) atoms. The number of amides is 1. The van der Waals surface area contributed by atoms with E-state index in [0.29, 0.717) is 26.9 Å². The Morgan fingerprint density at radius 1 is 1.35 bits per heavy atom. The fourth-order valence-electron chi connectivity index (χ4n) is 2.09. The summed E-state index contributed by atoms with van der Waals surface area (Å²) in [4.78, 5) is 13.7. The van der Waals surface area contributed by atoms with Crippen LogP contribution in [0, 0.1) is 0 Å². The van der Waals surface area contributed by atoms with Gasteiger partial charge in [0.25, 0.3) is 0 Å². The Labute approximate surface area is 114 Å². The second-order valence-electron chi connectivity index (χ2n) is 4.13. The molecule has 0 aliphatic carbocycles. The van der Waals surface area contributed by atoms with Crippen molar-refractivity contribution in [3.8, 4) is 0 Å². The summed E-state index contributed by atoms with van der Waals surface area (Å²) in [7, 11) is 0. The molecule has 0 spiro atoms. The summed E-state index contributed by atoms with van der Waals surface area (Å²) < 4.78 is 1.42. The zero-order valence-electron chi connectivity index (χ0n) is 9.71. The molecular formula is C13H17NOSSe. The summed E-state index contributed by atoms with van der Waals surface area (Å²) in [6.45, 7) is 0.803. The van der Waals surface area contributed by atoms with E-state index in [1.165, 1.54) is 4.46 Å². The van der Waals surface area contributed by atoms with Crippen molar-refractivity contribution in [2.24, 2.45) is 0 Å². The maximum atomic E-state index is 11.7. The Morgan fingerprint density at radius 2 is 2.12 bits per heavy atom. The van der Waals surface area contributed by atoms with Crippen LogP contribution in [0.2, 0.25) is 5.32 Å². The standard InChI is InChI=1S/C13H17NOSSe/c15-13-7-6-11(14(13)8-9-16)10-17-12-4-2-1-3-5-12/h1-5,11,16H,6-10H2. The fourth-order valence-corrected chi connectivity index (χ4v) is 4.57. The Balaban J connectivity index is 1.88. The van der Waals surface area contributed by atoms with Crippen LogP contribution in [-0.4, -0.2) is 44.1 Å². The third-order valence-corrected chi connectivity index (χ3v) is 5.61. The molecule has 1 amide bonds. The number of carbonyl (C=O) groups excluding carboxylic acids is 1. The van der Waals surface area contributed by atoms with Crippen molar-refractivity contribution < 1.29 is 4.79 Å². The molecule has 2 rings (SSSR count). The molecule has 1 aromatic carbocycles. The van der Waals surface area contributed by atoms with Gasteiger partial charge in [0.05, 0.1) is 0 Å². The van der Waals surface area contributed by atoms with E-state index < -0.39 is 0 Å². The Bertz CT molecular complexity index is 371. The van der Waals surface area contributed by atoms with E-state index in [0.717, 1.165) is 30.5 Å². The monoisotopic (exact) mass is 315 g/mol. The first-order valence-electron chi connectivity index (χ1n) is 5.89. The molecule has 4 heteroatoms. The van der Waals surface area contributed by atoms with Gasteiger partial charge in [-0.2, -0.15) is 0 Å². The van der Waals surface area contributed by atoms with E-state index in [-0.39, 0.29) is 0 Å². The third-order valence-electron chi connectivity index (χ3n) is 2.98. The summed E-state index contributed by atoms with van der Waals surface area (Å²) in [5, 5.41) is 1.14. The van der Waals surface area contributed by atoms with Gasteiger partial charge in [-0.25, -0.2) is 0 Å².